The summed E-state index contributed by atoms with van der Waals surface area (Å²) in [6.07, 6.45) is 0. The molecule has 0 aliphatic heterocycles. The van der Waals surface area contributed by atoms with Crippen LogP contribution < -0.4 is 5.56 Å². The Labute approximate surface area is 125 Å². The number of aromatic nitrogens is 2. The first-order valence-corrected chi connectivity index (χ1v) is 7.27. The van der Waals surface area contributed by atoms with E-state index in [1.54, 1.807) is 24.3 Å². The van der Waals surface area contributed by atoms with Crippen molar-refractivity contribution in [1.82, 2.24) is 10.2 Å². The van der Waals surface area contributed by atoms with Crippen LogP contribution in [0.25, 0.3) is 0 Å². The summed E-state index contributed by atoms with van der Waals surface area (Å²) < 4.78 is 0. The van der Waals surface area contributed by atoms with Gasteiger partial charge in [0.05, 0.1) is 14.9 Å². The summed E-state index contributed by atoms with van der Waals surface area (Å²) in [5.74, 6) is 0.132. The van der Waals surface area contributed by atoms with Gasteiger partial charge in [0.25, 0.3) is 5.56 Å². The fourth-order valence-corrected chi connectivity index (χ4v) is 3.01. The van der Waals surface area contributed by atoms with E-state index in [4.69, 9.17) is 23.2 Å². The van der Waals surface area contributed by atoms with Gasteiger partial charge in [0.15, 0.2) is 0 Å². The Balaban J connectivity index is 2.39. The molecule has 0 atom stereocenters. The van der Waals surface area contributed by atoms with E-state index in [9.17, 15) is 4.79 Å². The smallest absolute Gasteiger partial charge is 0.267 e. The van der Waals surface area contributed by atoms with Crippen LogP contribution in [0.1, 0.15) is 25.3 Å². The number of nitrogens with one attached hydrogen (secondary N) is 1. The molecular formula is C13H12Cl2N2OS. The lowest BCUT2D eigenvalue weighted by molar-refractivity contribution is 0.791. The first-order valence-electron chi connectivity index (χ1n) is 5.70. The highest BCUT2D eigenvalue weighted by molar-refractivity contribution is 7.99. The van der Waals surface area contributed by atoms with Crippen LogP contribution in [-0.4, -0.2) is 10.2 Å². The number of rotatable bonds is 3. The SMILES string of the molecule is CC(C)c1cc(Sc2c(Cl)cccc2Cl)n[nH]c1=O. The van der Waals surface area contributed by atoms with E-state index >= 15 is 0 Å². The van der Waals surface area contributed by atoms with Gasteiger partial charge >= 0.3 is 0 Å². The van der Waals surface area contributed by atoms with Crippen LogP contribution in [0.15, 0.2) is 39.0 Å². The minimum Gasteiger partial charge on any atom is -0.268 e. The maximum absolute atomic E-state index is 11.6. The van der Waals surface area contributed by atoms with Crippen LogP contribution in [0.3, 0.4) is 0 Å². The molecule has 0 aliphatic rings. The summed E-state index contributed by atoms with van der Waals surface area (Å²) in [4.78, 5) is 12.4. The van der Waals surface area contributed by atoms with Crippen molar-refractivity contribution in [2.45, 2.75) is 29.7 Å². The Morgan fingerprint density at radius 1 is 1.26 bits per heavy atom. The van der Waals surface area contributed by atoms with E-state index in [0.29, 0.717) is 20.6 Å². The van der Waals surface area contributed by atoms with Crippen LogP contribution in [0, 0.1) is 0 Å². The van der Waals surface area contributed by atoms with E-state index < -0.39 is 0 Å². The van der Waals surface area contributed by atoms with Gasteiger partial charge in [0.1, 0.15) is 5.03 Å². The molecule has 0 unspecified atom stereocenters. The van der Waals surface area contributed by atoms with Gasteiger partial charge in [-0.1, -0.05) is 54.9 Å². The van der Waals surface area contributed by atoms with Crippen LogP contribution in [0.2, 0.25) is 10.0 Å². The summed E-state index contributed by atoms with van der Waals surface area (Å²) in [5, 5.41) is 8.30. The Hall–Kier alpha value is -0.970. The molecule has 19 heavy (non-hydrogen) atoms. The van der Waals surface area contributed by atoms with Crippen molar-refractivity contribution in [3.05, 3.63) is 50.2 Å². The van der Waals surface area contributed by atoms with E-state index in [1.807, 2.05) is 13.8 Å². The minimum atomic E-state index is -0.162. The Kier molecular flexibility index (Phi) is 4.55. The lowest BCUT2D eigenvalue weighted by Gasteiger charge is -2.08. The van der Waals surface area contributed by atoms with Gasteiger partial charge < -0.3 is 0 Å². The molecular weight excluding hydrogens is 303 g/mol. The number of halogens is 2. The molecule has 1 N–H and O–H groups in total. The number of benzene rings is 1. The number of H-pyrrole nitrogens is 1. The van der Waals surface area contributed by atoms with E-state index in [1.165, 1.54) is 11.8 Å². The quantitative estimate of drug-likeness (QED) is 0.916. The van der Waals surface area contributed by atoms with Crippen molar-refractivity contribution in [2.75, 3.05) is 0 Å². The second kappa shape index (κ2) is 5.99. The van der Waals surface area contributed by atoms with E-state index in [0.717, 1.165) is 4.90 Å². The lowest BCUT2D eigenvalue weighted by Crippen LogP contribution is -2.15. The van der Waals surface area contributed by atoms with Crippen molar-refractivity contribution in [1.29, 1.82) is 0 Å². The Morgan fingerprint density at radius 2 is 1.89 bits per heavy atom. The van der Waals surface area contributed by atoms with E-state index in [-0.39, 0.29) is 11.5 Å². The van der Waals surface area contributed by atoms with Gasteiger partial charge in [-0.25, -0.2) is 5.10 Å². The molecule has 0 aliphatic carbocycles. The topological polar surface area (TPSA) is 45.8 Å². The van der Waals surface area contributed by atoms with Crippen molar-refractivity contribution in [2.24, 2.45) is 0 Å². The van der Waals surface area contributed by atoms with E-state index in [2.05, 4.69) is 10.2 Å². The molecule has 100 valence electrons. The third kappa shape index (κ3) is 3.32. The molecule has 0 spiro atoms. The second-order valence-electron chi connectivity index (χ2n) is 4.30. The zero-order valence-electron chi connectivity index (χ0n) is 10.4. The molecule has 1 aromatic carbocycles. The normalized spacial score (nSPS) is 11.0. The molecule has 1 aromatic heterocycles. The van der Waals surface area contributed by atoms with Gasteiger partial charge in [-0.2, -0.15) is 5.10 Å². The standard InChI is InChI=1S/C13H12Cl2N2OS/c1-7(2)8-6-11(16-17-13(8)18)19-12-9(14)4-3-5-10(12)15/h3-7H,1-2H3,(H,17,18). The van der Waals surface area contributed by atoms with Gasteiger partial charge in [0, 0.05) is 5.56 Å². The highest BCUT2D eigenvalue weighted by atomic mass is 35.5. The molecule has 6 heteroatoms. The number of hydrogen-bond acceptors (Lipinski definition) is 3. The second-order valence-corrected chi connectivity index (χ2v) is 6.14. The molecule has 2 rings (SSSR count). The maximum Gasteiger partial charge on any atom is 0.267 e. The first kappa shape index (κ1) is 14.4. The van der Waals surface area contributed by atoms with Crippen molar-refractivity contribution in [3.8, 4) is 0 Å². The molecule has 0 bridgehead atoms. The molecule has 0 fully saturated rings. The highest BCUT2D eigenvalue weighted by Gasteiger charge is 2.11. The summed E-state index contributed by atoms with van der Waals surface area (Å²) in [6, 6.07) is 7.10. The summed E-state index contributed by atoms with van der Waals surface area (Å²) in [5.41, 5.74) is 0.533. The summed E-state index contributed by atoms with van der Waals surface area (Å²) >= 11 is 13.6. The third-order valence-electron chi connectivity index (χ3n) is 2.56. The van der Waals surface area contributed by atoms with Gasteiger partial charge in [-0.05, 0) is 24.1 Å². The number of aromatic amines is 1. The van der Waals surface area contributed by atoms with Crippen molar-refractivity contribution in [3.63, 3.8) is 0 Å². The highest BCUT2D eigenvalue weighted by Crippen LogP contribution is 2.37. The van der Waals surface area contributed by atoms with Gasteiger partial charge in [0.2, 0.25) is 0 Å². The number of hydrogen-bond donors (Lipinski definition) is 1. The zero-order chi connectivity index (χ0) is 14.0. The van der Waals surface area contributed by atoms with Gasteiger partial charge in [-0.3, -0.25) is 4.79 Å². The van der Waals surface area contributed by atoms with Gasteiger partial charge in [-0.15, -0.1) is 0 Å². The number of nitrogens with zero attached hydrogens (tertiary/aromatic N) is 1. The molecule has 0 saturated carbocycles. The van der Waals surface area contributed by atoms with Crippen LogP contribution >= 0.6 is 35.0 Å². The Morgan fingerprint density at radius 3 is 2.47 bits per heavy atom. The fraction of sp³-hybridized carbons (Fsp3) is 0.231. The predicted molar refractivity (Wildman–Crippen MR) is 79.5 cm³/mol. The monoisotopic (exact) mass is 314 g/mol. The maximum atomic E-state index is 11.6. The molecule has 2 aromatic rings. The third-order valence-corrected chi connectivity index (χ3v) is 4.47. The molecule has 3 nitrogen and oxygen atoms in total. The van der Waals surface area contributed by atoms with Crippen molar-refractivity contribution < 1.29 is 0 Å². The average Bonchev–Trinajstić information content (AvgIpc) is 2.35. The minimum absolute atomic E-state index is 0.132. The molecule has 0 amide bonds. The lowest BCUT2D eigenvalue weighted by atomic mass is 10.1. The van der Waals surface area contributed by atoms with Crippen molar-refractivity contribution >= 4 is 35.0 Å². The van der Waals surface area contributed by atoms with Crippen LogP contribution in [0.4, 0.5) is 0 Å². The largest absolute Gasteiger partial charge is 0.268 e. The fourth-order valence-electron chi connectivity index (χ4n) is 1.57. The first-order chi connectivity index (χ1) is 8.99. The van der Waals surface area contributed by atoms with Crippen LogP contribution in [-0.2, 0) is 0 Å². The summed E-state index contributed by atoms with van der Waals surface area (Å²) in [7, 11) is 0. The predicted octanol–water partition coefficient (Wildman–Crippen LogP) is 4.35. The Bertz CT molecular complexity index is 635. The zero-order valence-corrected chi connectivity index (χ0v) is 12.7. The molecule has 0 radical (unpaired) electrons. The molecule has 0 saturated heterocycles. The summed E-state index contributed by atoms with van der Waals surface area (Å²) in [6.45, 7) is 3.92. The average molecular weight is 315 g/mol. The molecule has 1 heterocycles. The van der Waals surface area contributed by atoms with Crippen LogP contribution in [0.5, 0.6) is 0 Å².